The molecule has 1 atom stereocenters. The number of rotatable bonds is 8. The number of hydrogen-bond acceptors (Lipinski definition) is 3. The third kappa shape index (κ3) is 5.08. The number of methoxy groups -OCH3 is 1. The van der Waals surface area contributed by atoms with Crippen molar-refractivity contribution in [3.8, 4) is 0 Å². The highest BCUT2D eigenvalue weighted by Gasteiger charge is 2.11. The first-order valence-corrected chi connectivity index (χ1v) is 5.90. The van der Waals surface area contributed by atoms with E-state index in [0.717, 1.165) is 6.07 Å². The molecule has 0 aliphatic rings. The Labute approximate surface area is 106 Å². The highest BCUT2D eigenvalue weighted by Crippen LogP contribution is 2.13. The lowest BCUT2D eigenvalue weighted by Gasteiger charge is -2.12. The number of ether oxygens (including phenoxy) is 2. The van der Waals surface area contributed by atoms with E-state index in [1.807, 2.05) is 0 Å². The fourth-order valence-corrected chi connectivity index (χ4v) is 1.57. The van der Waals surface area contributed by atoms with Gasteiger partial charge in [0.2, 0.25) is 0 Å². The molecule has 1 aromatic rings. The third-order valence-corrected chi connectivity index (χ3v) is 2.58. The Morgan fingerprint density at radius 1 is 1.22 bits per heavy atom. The summed E-state index contributed by atoms with van der Waals surface area (Å²) >= 11 is 0. The van der Waals surface area contributed by atoms with E-state index in [-0.39, 0.29) is 6.04 Å². The molecule has 1 rings (SSSR count). The maximum Gasteiger partial charge on any atom is 0.162 e. The molecule has 1 aromatic carbocycles. The minimum atomic E-state index is -0.837. The molecule has 0 saturated carbocycles. The summed E-state index contributed by atoms with van der Waals surface area (Å²) in [7, 11) is 1.60. The van der Waals surface area contributed by atoms with Crippen molar-refractivity contribution in [3.63, 3.8) is 0 Å². The van der Waals surface area contributed by atoms with Crippen LogP contribution in [0.25, 0.3) is 0 Å². The SMILES string of the molecule is COCCOCCC(N)Cc1cccc(F)c1F. The van der Waals surface area contributed by atoms with Gasteiger partial charge < -0.3 is 15.2 Å². The van der Waals surface area contributed by atoms with Crippen LogP contribution in [0, 0.1) is 11.6 Å². The number of hydrogen-bond donors (Lipinski definition) is 1. The number of benzene rings is 1. The van der Waals surface area contributed by atoms with E-state index in [1.165, 1.54) is 6.07 Å². The van der Waals surface area contributed by atoms with Crippen molar-refractivity contribution in [2.75, 3.05) is 26.9 Å². The minimum Gasteiger partial charge on any atom is -0.382 e. The predicted molar refractivity (Wildman–Crippen MR) is 65.3 cm³/mol. The fourth-order valence-electron chi connectivity index (χ4n) is 1.57. The average molecular weight is 259 g/mol. The van der Waals surface area contributed by atoms with Crippen LogP contribution in [0.3, 0.4) is 0 Å². The van der Waals surface area contributed by atoms with Crippen molar-refractivity contribution in [2.24, 2.45) is 5.73 Å². The molecule has 102 valence electrons. The number of nitrogens with two attached hydrogens (primary N) is 1. The van der Waals surface area contributed by atoms with Gasteiger partial charge in [0, 0.05) is 19.8 Å². The highest BCUT2D eigenvalue weighted by atomic mass is 19.2. The first-order chi connectivity index (χ1) is 8.65. The van der Waals surface area contributed by atoms with Crippen molar-refractivity contribution in [1.82, 2.24) is 0 Å². The van der Waals surface area contributed by atoms with E-state index < -0.39 is 11.6 Å². The lowest BCUT2D eigenvalue weighted by atomic mass is 10.0. The van der Waals surface area contributed by atoms with Crippen LogP contribution >= 0.6 is 0 Å². The van der Waals surface area contributed by atoms with Gasteiger partial charge in [-0.2, -0.15) is 0 Å². The van der Waals surface area contributed by atoms with Crippen LogP contribution in [0.4, 0.5) is 8.78 Å². The molecule has 0 aliphatic heterocycles. The maximum absolute atomic E-state index is 13.4. The van der Waals surface area contributed by atoms with Crippen molar-refractivity contribution >= 4 is 0 Å². The summed E-state index contributed by atoms with van der Waals surface area (Å²) in [6, 6.07) is 3.88. The lowest BCUT2D eigenvalue weighted by molar-refractivity contribution is 0.0672. The quantitative estimate of drug-likeness (QED) is 0.725. The van der Waals surface area contributed by atoms with Crippen LogP contribution in [0.1, 0.15) is 12.0 Å². The van der Waals surface area contributed by atoms with Crippen LogP contribution in [0.5, 0.6) is 0 Å². The average Bonchev–Trinajstić information content (AvgIpc) is 2.35. The molecule has 0 aliphatic carbocycles. The molecule has 0 bridgehead atoms. The van der Waals surface area contributed by atoms with Gasteiger partial charge in [-0.1, -0.05) is 12.1 Å². The maximum atomic E-state index is 13.4. The van der Waals surface area contributed by atoms with Crippen molar-refractivity contribution in [1.29, 1.82) is 0 Å². The van der Waals surface area contributed by atoms with Gasteiger partial charge in [-0.05, 0) is 24.5 Å². The Kier molecular flexibility index (Phi) is 6.78. The Hall–Kier alpha value is -1.04. The molecular weight excluding hydrogens is 240 g/mol. The summed E-state index contributed by atoms with van der Waals surface area (Å²) in [5.74, 6) is -1.65. The Balaban J connectivity index is 2.31. The zero-order valence-electron chi connectivity index (χ0n) is 10.5. The zero-order chi connectivity index (χ0) is 13.4. The first-order valence-electron chi connectivity index (χ1n) is 5.90. The zero-order valence-corrected chi connectivity index (χ0v) is 10.5. The molecule has 0 aromatic heterocycles. The van der Waals surface area contributed by atoms with Gasteiger partial charge in [0.1, 0.15) is 0 Å². The van der Waals surface area contributed by atoms with Crippen molar-refractivity contribution in [3.05, 3.63) is 35.4 Å². The second kappa shape index (κ2) is 8.13. The standard InChI is InChI=1S/C13H19F2NO2/c1-17-7-8-18-6-5-11(16)9-10-3-2-4-12(14)13(10)15/h2-4,11H,5-9,16H2,1H3. The van der Waals surface area contributed by atoms with E-state index in [9.17, 15) is 8.78 Å². The van der Waals surface area contributed by atoms with Gasteiger partial charge in [-0.3, -0.25) is 0 Å². The molecule has 0 amide bonds. The van der Waals surface area contributed by atoms with Gasteiger partial charge in [-0.15, -0.1) is 0 Å². The molecule has 0 fully saturated rings. The molecular formula is C13H19F2NO2. The van der Waals surface area contributed by atoms with Crippen LogP contribution in [-0.4, -0.2) is 33.0 Å². The van der Waals surface area contributed by atoms with Crippen molar-refractivity contribution < 1.29 is 18.3 Å². The Morgan fingerprint density at radius 3 is 2.72 bits per heavy atom. The minimum absolute atomic E-state index is 0.246. The monoisotopic (exact) mass is 259 g/mol. The van der Waals surface area contributed by atoms with E-state index in [4.69, 9.17) is 15.2 Å². The molecule has 0 saturated heterocycles. The lowest BCUT2D eigenvalue weighted by Crippen LogP contribution is -2.25. The van der Waals surface area contributed by atoms with E-state index >= 15 is 0 Å². The van der Waals surface area contributed by atoms with Crippen molar-refractivity contribution in [2.45, 2.75) is 18.9 Å². The largest absolute Gasteiger partial charge is 0.382 e. The van der Waals surface area contributed by atoms with Crippen LogP contribution < -0.4 is 5.73 Å². The summed E-state index contributed by atoms with van der Waals surface area (Å²) < 4.78 is 36.4. The normalized spacial score (nSPS) is 12.7. The molecule has 5 heteroatoms. The molecule has 0 spiro atoms. The predicted octanol–water partition coefficient (Wildman–Crippen LogP) is 1.89. The Bertz CT molecular complexity index is 361. The van der Waals surface area contributed by atoms with Gasteiger partial charge in [0.05, 0.1) is 13.2 Å². The molecule has 0 heterocycles. The number of halogens is 2. The molecule has 18 heavy (non-hydrogen) atoms. The highest BCUT2D eigenvalue weighted by molar-refractivity contribution is 5.19. The summed E-state index contributed by atoms with van der Waals surface area (Å²) in [5.41, 5.74) is 6.14. The Morgan fingerprint density at radius 2 is 2.00 bits per heavy atom. The van der Waals surface area contributed by atoms with Gasteiger partial charge in [0.15, 0.2) is 11.6 Å². The molecule has 0 radical (unpaired) electrons. The van der Waals surface area contributed by atoms with E-state index in [0.29, 0.717) is 38.2 Å². The van der Waals surface area contributed by atoms with Gasteiger partial charge >= 0.3 is 0 Å². The molecule has 3 nitrogen and oxygen atoms in total. The second-order valence-corrected chi connectivity index (χ2v) is 4.07. The van der Waals surface area contributed by atoms with Gasteiger partial charge in [-0.25, -0.2) is 8.78 Å². The molecule has 2 N–H and O–H groups in total. The summed E-state index contributed by atoms with van der Waals surface area (Å²) in [5, 5.41) is 0. The fraction of sp³-hybridized carbons (Fsp3) is 0.538. The van der Waals surface area contributed by atoms with Crippen LogP contribution in [0.2, 0.25) is 0 Å². The van der Waals surface area contributed by atoms with Crippen LogP contribution in [-0.2, 0) is 15.9 Å². The summed E-state index contributed by atoms with van der Waals surface area (Å²) in [6.07, 6.45) is 0.900. The topological polar surface area (TPSA) is 44.5 Å². The third-order valence-electron chi connectivity index (χ3n) is 2.58. The van der Waals surface area contributed by atoms with Crippen LogP contribution in [0.15, 0.2) is 18.2 Å². The van der Waals surface area contributed by atoms with Gasteiger partial charge in [0.25, 0.3) is 0 Å². The summed E-state index contributed by atoms with van der Waals surface area (Å²) in [4.78, 5) is 0. The first kappa shape index (κ1) is 15.0. The second-order valence-electron chi connectivity index (χ2n) is 4.07. The summed E-state index contributed by atoms with van der Waals surface area (Å²) in [6.45, 7) is 1.53. The molecule has 1 unspecified atom stereocenters. The smallest absolute Gasteiger partial charge is 0.162 e. The van der Waals surface area contributed by atoms with E-state index in [2.05, 4.69) is 0 Å². The van der Waals surface area contributed by atoms with E-state index in [1.54, 1.807) is 13.2 Å².